The average Bonchev–Trinajstić information content (AvgIpc) is 2.59. The number of rotatable bonds is 7. The van der Waals surface area contributed by atoms with E-state index >= 15 is 0 Å². The molecule has 2 atom stereocenters. The van der Waals surface area contributed by atoms with Crippen molar-refractivity contribution in [2.75, 3.05) is 6.61 Å². The predicted octanol–water partition coefficient (Wildman–Crippen LogP) is 4.98. The van der Waals surface area contributed by atoms with Crippen LogP contribution in [0, 0.1) is 18.3 Å². The summed E-state index contributed by atoms with van der Waals surface area (Å²) in [4.78, 5) is 22.7. The summed E-state index contributed by atoms with van der Waals surface area (Å²) in [5.41, 5.74) is 0.0351. The zero-order valence-electron chi connectivity index (χ0n) is 15.2. The third-order valence-corrected chi connectivity index (χ3v) is 4.60. The number of benzene rings is 1. The van der Waals surface area contributed by atoms with Gasteiger partial charge in [-0.1, -0.05) is 20.8 Å². The van der Waals surface area contributed by atoms with Crippen LogP contribution in [0.1, 0.15) is 63.7 Å². The average molecular weight is 333 g/mol. The first-order valence-corrected chi connectivity index (χ1v) is 8.90. The molecule has 1 aliphatic carbocycles. The number of ether oxygens (including phenoxy) is 1. The van der Waals surface area contributed by atoms with Gasteiger partial charge in [-0.15, -0.1) is 0 Å². The van der Waals surface area contributed by atoms with E-state index < -0.39 is 11.6 Å². The highest BCUT2D eigenvalue weighted by molar-refractivity contribution is 5.89. The van der Waals surface area contributed by atoms with Gasteiger partial charge < -0.3 is 4.74 Å². The predicted molar refractivity (Wildman–Crippen MR) is 93.6 cm³/mol. The van der Waals surface area contributed by atoms with E-state index in [9.17, 15) is 4.79 Å². The second-order valence-corrected chi connectivity index (χ2v) is 7.16. The van der Waals surface area contributed by atoms with Crippen molar-refractivity contribution >= 4 is 5.97 Å². The molecule has 1 fully saturated rings. The van der Waals surface area contributed by atoms with Crippen LogP contribution < -0.4 is 4.74 Å². The summed E-state index contributed by atoms with van der Waals surface area (Å²) >= 11 is 0. The third-order valence-electron chi connectivity index (χ3n) is 4.60. The first-order chi connectivity index (χ1) is 11.4. The molecular formula is C20H29O4. The van der Waals surface area contributed by atoms with Crippen LogP contribution in [0.5, 0.6) is 5.75 Å². The minimum atomic E-state index is -0.468. The molecule has 1 radical (unpaired) electrons. The highest BCUT2D eigenvalue weighted by Gasteiger charge is 2.35. The quantitative estimate of drug-likeness (QED) is 0.521. The van der Waals surface area contributed by atoms with E-state index in [1.165, 1.54) is 0 Å². The lowest BCUT2D eigenvalue weighted by molar-refractivity contribution is -0.317. The van der Waals surface area contributed by atoms with E-state index in [4.69, 9.17) is 14.5 Å². The summed E-state index contributed by atoms with van der Waals surface area (Å²) < 4.78 is 5.50. The van der Waals surface area contributed by atoms with Crippen LogP contribution in [0.4, 0.5) is 0 Å². The van der Waals surface area contributed by atoms with Gasteiger partial charge in [-0.05, 0) is 75.1 Å². The molecule has 0 bridgehead atoms. The molecule has 0 saturated heterocycles. The Labute approximate surface area is 145 Å². The SMILES string of the molecule is CCCOc1ccc(C(=O)OOC2(C)C[CH]C(C(C)C)CC2)cc1. The van der Waals surface area contributed by atoms with E-state index in [0.717, 1.165) is 31.4 Å². The smallest absolute Gasteiger partial charge is 0.373 e. The number of carbonyl (C=O) groups is 1. The molecule has 1 aromatic carbocycles. The van der Waals surface area contributed by atoms with Crippen molar-refractivity contribution in [2.24, 2.45) is 11.8 Å². The summed E-state index contributed by atoms with van der Waals surface area (Å²) in [6, 6.07) is 6.94. The Morgan fingerprint density at radius 3 is 2.54 bits per heavy atom. The number of hydrogen-bond donors (Lipinski definition) is 0. The highest BCUT2D eigenvalue weighted by atomic mass is 17.2. The Morgan fingerprint density at radius 2 is 2.00 bits per heavy atom. The van der Waals surface area contributed by atoms with E-state index in [1.807, 2.05) is 6.92 Å². The molecule has 0 spiro atoms. The van der Waals surface area contributed by atoms with Crippen molar-refractivity contribution in [1.82, 2.24) is 0 Å². The molecule has 1 saturated carbocycles. The van der Waals surface area contributed by atoms with Gasteiger partial charge in [-0.2, -0.15) is 4.89 Å². The summed E-state index contributed by atoms with van der Waals surface area (Å²) in [5, 5.41) is 0. The standard InChI is InChI=1S/C20H29O4/c1-5-14-22-18-8-6-17(7-9-18)19(21)23-24-20(4)12-10-16(11-13-20)15(2)3/h6-10,15-16H,5,11-14H2,1-4H3. The summed E-state index contributed by atoms with van der Waals surface area (Å²) in [6.07, 6.45) is 6.00. The van der Waals surface area contributed by atoms with Gasteiger partial charge in [-0.25, -0.2) is 4.79 Å². The number of carbonyl (C=O) groups excluding carboxylic acids is 1. The maximum Gasteiger partial charge on any atom is 0.373 e. The third kappa shape index (κ3) is 5.23. The van der Waals surface area contributed by atoms with Crippen molar-refractivity contribution < 1.29 is 19.3 Å². The highest BCUT2D eigenvalue weighted by Crippen LogP contribution is 2.37. The molecule has 2 rings (SSSR count). The Morgan fingerprint density at radius 1 is 1.29 bits per heavy atom. The molecule has 0 aromatic heterocycles. The van der Waals surface area contributed by atoms with Gasteiger partial charge in [0.15, 0.2) is 0 Å². The lowest BCUT2D eigenvalue weighted by atomic mass is 9.75. The lowest BCUT2D eigenvalue weighted by Gasteiger charge is -2.36. The first-order valence-electron chi connectivity index (χ1n) is 8.90. The van der Waals surface area contributed by atoms with E-state index in [2.05, 4.69) is 27.2 Å². The molecule has 2 unspecified atom stereocenters. The van der Waals surface area contributed by atoms with E-state index in [1.54, 1.807) is 24.3 Å². The molecule has 1 aliphatic rings. The van der Waals surface area contributed by atoms with Crippen LogP contribution in [0.25, 0.3) is 0 Å². The van der Waals surface area contributed by atoms with Gasteiger partial charge in [0.1, 0.15) is 11.4 Å². The summed E-state index contributed by atoms with van der Waals surface area (Å²) in [6.45, 7) is 9.18. The monoisotopic (exact) mass is 333 g/mol. The van der Waals surface area contributed by atoms with E-state index in [-0.39, 0.29) is 0 Å². The molecule has 0 aliphatic heterocycles. The van der Waals surface area contributed by atoms with E-state index in [0.29, 0.717) is 24.0 Å². The molecule has 1 aromatic rings. The minimum Gasteiger partial charge on any atom is -0.494 e. The minimum absolute atomic E-state index is 0.425. The van der Waals surface area contributed by atoms with Crippen LogP contribution in [0.3, 0.4) is 0 Å². The van der Waals surface area contributed by atoms with Gasteiger partial charge in [0.2, 0.25) is 0 Å². The topological polar surface area (TPSA) is 44.8 Å². The van der Waals surface area contributed by atoms with Crippen molar-refractivity contribution in [3.05, 3.63) is 36.2 Å². The fourth-order valence-corrected chi connectivity index (χ4v) is 2.87. The maximum absolute atomic E-state index is 12.1. The lowest BCUT2D eigenvalue weighted by Crippen LogP contribution is -2.36. The Hall–Kier alpha value is -1.55. The van der Waals surface area contributed by atoms with Crippen LogP contribution in [0.2, 0.25) is 0 Å². The van der Waals surface area contributed by atoms with Crippen molar-refractivity contribution in [3.8, 4) is 5.75 Å². The van der Waals surface area contributed by atoms with Gasteiger partial charge >= 0.3 is 5.97 Å². The fraction of sp³-hybridized carbons (Fsp3) is 0.600. The van der Waals surface area contributed by atoms with Gasteiger partial charge in [0.05, 0.1) is 12.2 Å². The zero-order valence-corrected chi connectivity index (χ0v) is 15.2. The van der Waals surface area contributed by atoms with Crippen molar-refractivity contribution in [2.45, 2.75) is 59.0 Å². The normalized spacial score (nSPS) is 24.0. The molecule has 0 amide bonds. The molecule has 4 heteroatoms. The van der Waals surface area contributed by atoms with Crippen LogP contribution in [-0.2, 0) is 9.78 Å². The molecule has 133 valence electrons. The van der Waals surface area contributed by atoms with Gasteiger partial charge in [0.25, 0.3) is 0 Å². The maximum atomic E-state index is 12.1. The van der Waals surface area contributed by atoms with Crippen molar-refractivity contribution in [3.63, 3.8) is 0 Å². The zero-order chi connectivity index (χ0) is 17.6. The van der Waals surface area contributed by atoms with Crippen LogP contribution in [-0.4, -0.2) is 18.2 Å². The van der Waals surface area contributed by atoms with Crippen molar-refractivity contribution in [1.29, 1.82) is 0 Å². The van der Waals surface area contributed by atoms with Gasteiger partial charge in [-0.3, -0.25) is 4.89 Å². The van der Waals surface area contributed by atoms with Crippen LogP contribution in [0.15, 0.2) is 24.3 Å². The summed E-state index contributed by atoms with van der Waals surface area (Å²) in [7, 11) is 0. The second kappa shape index (κ2) is 8.52. The van der Waals surface area contributed by atoms with Crippen LogP contribution >= 0.6 is 0 Å². The molecule has 4 nitrogen and oxygen atoms in total. The molecular weight excluding hydrogens is 304 g/mol. The second-order valence-electron chi connectivity index (χ2n) is 7.16. The Balaban J connectivity index is 1.82. The molecule has 0 N–H and O–H groups in total. The summed E-state index contributed by atoms with van der Waals surface area (Å²) in [5.74, 6) is 1.55. The number of hydrogen-bond acceptors (Lipinski definition) is 4. The fourth-order valence-electron chi connectivity index (χ4n) is 2.87. The Kier molecular flexibility index (Phi) is 6.67. The first kappa shape index (κ1) is 18.8. The largest absolute Gasteiger partial charge is 0.494 e. The Bertz CT molecular complexity index is 513. The molecule has 0 heterocycles. The van der Waals surface area contributed by atoms with Gasteiger partial charge in [0, 0.05) is 0 Å². The molecule has 24 heavy (non-hydrogen) atoms.